The van der Waals surface area contributed by atoms with Crippen molar-refractivity contribution in [3.05, 3.63) is 16.9 Å². The van der Waals surface area contributed by atoms with E-state index in [4.69, 9.17) is 23.1 Å². The quantitative estimate of drug-likeness (QED) is 0.729. The lowest BCUT2D eigenvalue weighted by atomic mass is 9.98. The van der Waals surface area contributed by atoms with Crippen molar-refractivity contribution in [2.75, 3.05) is 16.8 Å². The minimum atomic E-state index is -0.571. The minimum Gasteiger partial charge on any atom is -0.397 e. The highest BCUT2D eigenvalue weighted by atomic mass is 35.5. The number of hydrogen-bond acceptors (Lipinski definition) is 3. The zero-order chi connectivity index (χ0) is 12.8. The number of nitrogens with two attached hydrogens (primary N) is 2. The van der Waals surface area contributed by atoms with Crippen LogP contribution in [0.5, 0.6) is 0 Å². The van der Waals surface area contributed by atoms with Crippen LogP contribution < -0.4 is 16.8 Å². The third kappa shape index (κ3) is 2.27. The highest BCUT2D eigenvalue weighted by Gasteiger charge is 2.38. The van der Waals surface area contributed by atoms with Crippen molar-refractivity contribution in [2.45, 2.75) is 32.2 Å². The van der Waals surface area contributed by atoms with Gasteiger partial charge in [-0.3, -0.25) is 0 Å². The van der Waals surface area contributed by atoms with Gasteiger partial charge in [-0.25, -0.2) is 4.39 Å². The lowest BCUT2D eigenvalue weighted by Crippen LogP contribution is -2.34. The third-order valence-corrected chi connectivity index (χ3v) is 3.69. The Labute approximate surface area is 105 Å². The first-order valence-electron chi connectivity index (χ1n) is 5.64. The molecule has 0 unspecified atom stereocenters. The number of nitrogen functional groups attached to an aromatic ring is 2. The molecule has 1 fully saturated rings. The molecule has 0 radical (unpaired) electrons. The molecule has 0 spiro atoms. The summed E-state index contributed by atoms with van der Waals surface area (Å²) >= 11 is 5.78. The smallest absolute Gasteiger partial charge is 0.169 e. The minimum absolute atomic E-state index is 0.0757. The number of halogens is 2. The number of nitrogens with one attached hydrogen (secondary N) is 1. The molecule has 94 valence electrons. The van der Waals surface area contributed by atoms with Crippen LogP contribution >= 0.6 is 11.6 Å². The molecule has 0 saturated heterocycles. The highest BCUT2D eigenvalue weighted by molar-refractivity contribution is 6.33. The second-order valence-electron chi connectivity index (χ2n) is 5.18. The molecule has 1 saturated carbocycles. The summed E-state index contributed by atoms with van der Waals surface area (Å²) in [4.78, 5) is 0. The molecule has 0 aromatic heterocycles. The maximum Gasteiger partial charge on any atom is 0.169 e. The van der Waals surface area contributed by atoms with E-state index < -0.39 is 5.82 Å². The van der Waals surface area contributed by atoms with Gasteiger partial charge in [-0.2, -0.15) is 0 Å². The van der Waals surface area contributed by atoms with Crippen LogP contribution in [0.15, 0.2) is 6.07 Å². The standard InChI is InChI=1S/C12H17ClFN3/c1-12(2,6-3-4-6)17-11-8(16)5-7(15)9(13)10(11)14/h5-6,17H,3-4,15-16H2,1-2H3. The van der Waals surface area contributed by atoms with E-state index in [0.29, 0.717) is 5.92 Å². The zero-order valence-electron chi connectivity index (χ0n) is 9.98. The van der Waals surface area contributed by atoms with Gasteiger partial charge in [0, 0.05) is 5.54 Å². The average molecular weight is 258 g/mol. The van der Waals surface area contributed by atoms with Gasteiger partial charge in [0.1, 0.15) is 5.02 Å². The van der Waals surface area contributed by atoms with Crippen molar-refractivity contribution in [3.8, 4) is 0 Å². The Morgan fingerprint density at radius 3 is 2.47 bits per heavy atom. The van der Waals surface area contributed by atoms with E-state index in [0.717, 1.165) is 12.8 Å². The summed E-state index contributed by atoms with van der Waals surface area (Å²) in [7, 11) is 0. The maximum atomic E-state index is 14.0. The molecule has 5 heteroatoms. The summed E-state index contributed by atoms with van der Waals surface area (Å²) in [6, 6.07) is 1.48. The van der Waals surface area contributed by atoms with Crippen LogP contribution in [0.1, 0.15) is 26.7 Å². The molecule has 5 N–H and O–H groups in total. The van der Waals surface area contributed by atoms with E-state index in [1.54, 1.807) is 0 Å². The first-order chi connectivity index (χ1) is 7.83. The molecule has 1 aliphatic carbocycles. The van der Waals surface area contributed by atoms with E-state index in [1.807, 2.05) is 13.8 Å². The third-order valence-electron chi connectivity index (χ3n) is 3.31. The first-order valence-corrected chi connectivity index (χ1v) is 6.02. The van der Waals surface area contributed by atoms with Crippen LogP contribution in [-0.2, 0) is 0 Å². The zero-order valence-corrected chi connectivity index (χ0v) is 10.7. The van der Waals surface area contributed by atoms with Crippen molar-refractivity contribution in [3.63, 3.8) is 0 Å². The SMILES string of the molecule is CC(C)(Nc1c(N)cc(N)c(Cl)c1F)C1CC1. The number of anilines is 3. The molecular weight excluding hydrogens is 241 g/mol. The molecule has 0 amide bonds. The summed E-state index contributed by atoms with van der Waals surface area (Å²) in [6.45, 7) is 4.07. The maximum absolute atomic E-state index is 14.0. The van der Waals surface area contributed by atoms with E-state index >= 15 is 0 Å². The summed E-state index contributed by atoms with van der Waals surface area (Å²) < 4.78 is 14.0. The van der Waals surface area contributed by atoms with Crippen molar-refractivity contribution in [1.29, 1.82) is 0 Å². The van der Waals surface area contributed by atoms with Crippen molar-refractivity contribution >= 4 is 28.7 Å². The summed E-state index contributed by atoms with van der Waals surface area (Å²) in [5.74, 6) is -0.0180. The predicted octanol–water partition coefficient (Wildman–Crippen LogP) is 3.24. The molecular formula is C12H17ClFN3. The Balaban J connectivity index is 2.35. The fourth-order valence-electron chi connectivity index (χ4n) is 2.02. The second kappa shape index (κ2) is 3.95. The first kappa shape index (κ1) is 12.3. The van der Waals surface area contributed by atoms with Gasteiger partial charge < -0.3 is 16.8 Å². The molecule has 17 heavy (non-hydrogen) atoms. The van der Waals surface area contributed by atoms with Crippen molar-refractivity contribution in [2.24, 2.45) is 5.92 Å². The largest absolute Gasteiger partial charge is 0.397 e. The number of rotatable bonds is 3. The van der Waals surface area contributed by atoms with Crippen molar-refractivity contribution < 1.29 is 4.39 Å². The fraction of sp³-hybridized carbons (Fsp3) is 0.500. The number of benzene rings is 1. The highest BCUT2D eigenvalue weighted by Crippen LogP contribution is 2.43. The molecule has 1 aliphatic rings. The van der Waals surface area contributed by atoms with Crippen LogP contribution in [0.25, 0.3) is 0 Å². The van der Waals surface area contributed by atoms with Gasteiger partial charge in [-0.15, -0.1) is 0 Å². The summed E-state index contributed by atoms with van der Waals surface area (Å²) in [6.07, 6.45) is 2.31. The number of hydrogen-bond donors (Lipinski definition) is 3. The Bertz CT molecular complexity index is 456. The Morgan fingerprint density at radius 1 is 1.35 bits per heavy atom. The molecule has 1 aromatic carbocycles. The van der Waals surface area contributed by atoms with Gasteiger partial charge in [0.25, 0.3) is 0 Å². The van der Waals surface area contributed by atoms with Gasteiger partial charge in [0.2, 0.25) is 0 Å². The van der Waals surface area contributed by atoms with Gasteiger partial charge in [-0.1, -0.05) is 11.6 Å². The van der Waals surface area contributed by atoms with Gasteiger partial charge in [-0.05, 0) is 38.7 Å². The van der Waals surface area contributed by atoms with Crippen LogP contribution in [0, 0.1) is 11.7 Å². The monoisotopic (exact) mass is 257 g/mol. The summed E-state index contributed by atoms with van der Waals surface area (Å²) in [5.41, 5.74) is 11.8. The molecule has 1 aromatic rings. The second-order valence-corrected chi connectivity index (χ2v) is 5.56. The fourth-order valence-corrected chi connectivity index (χ4v) is 2.17. The topological polar surface area (TPSA) is 64.1 Å². The van der Waals surface area contributed by atoms with Crippen LogP contribution in [0.3, 0.4) is 0 Å². The molecule has 0 aliphatic heterocycles. The van der Waals surface area contributed by atoms with Crippen LogP contribution in [0.4, 0.5) is 21.5 Å². The van der Waals surface area contributed by atoms with Gasteiger partial charge in [0.15, 0.2) is 5.82 Å². The summed E-state index contributed by atoms with van der Waals surface area (Å²) in [5, 5.41) is 3.07. The van der Waals surface area contributed by atoms with Gasteiger partial charge >= 0.3 is 0 Å². The van der Waals surface area contributed by atoms with Crippen LogP contribution in [-0.4, -0.2) is 5.54 Å². The van der Waals surface area contributed by atoms with E-state index in [2.05, 4.69) is 5.32 Å². The lowest BCUT2D eigenvalue weighted by Gasteiger charge is -2.29. The molecule has 2 rings (SSSR count). The Hall–Kier alpha value is -1.16. The lowest BCUT2D eigenvalue weighted by molar-refractivity contribution is 0.489. The van der Waals surface area contributed by atoms with E-state index in [9.17, 15) is 4.39 Å². The Morgan fingerprint density at radius 2 is 1.94 bits per heavy atom. The van der Waals surface area contributed by atoms with E-state index in [-0.39, 0.29) is 27.6 Å². The normalized spacial score (nSPS) is 16.0. The predicted molar refractivity (Wildman–Crippen MR) is 70.7 cm³/mol. The Kier molecular flexibility index (Phi) is 2.86. The van der Waals surface area contributed by atoms with Crippen LogP contribution in [0.2, 0.25) is 5.02 Å². The molecule has 0 heterocycles. The average Bonchev–Trinajstić information content (AvgIpc) is 3.05. The molecule has 0 atom stereocenters. The van der Waals surface area contributed by atoms with Gasteiger partial charge in [0.05, 0.1) is 17.1 Å². The molecule has 0 bridgehead atoms. The van der Waals surface area contributed by atoms with Crippen molar-refractivity contribution in [1.82, 2.24) is 0 Å². The molecule has 3 nitrogen and oxygen atoms in total. The van der Waals surface area contributed by atoms with E-state index in [1.165, 1.54) is 6.07 Å².